The molecule has 0 saturated carbocycles. The van der Waals surface area contributed by atoms with E-state index in [0.29, 0.717) is 5.69 Å². The molecule has 24 heavy (non-hydrogen) atoms. The van der Waals surface area contributed by atoms with Crippen LogP contribution in [0.2, 0.25) is 5.02 Å². The zero-order chi connectivity index (χ0) is 17.9. The summed E-state index contributed by atoms with van der Waals surface area (Å²) in [6.07, 6.45) is 0. The molecule has 0 saturated heterocycles. The summed E-state index contributed by atoms with van der Waals surface area (Å²) in [6.45, 7) is 1.83. The molecular formula is C15H13ClN4O4. The smallest absolute Gasteiger partial charge is 0.314 e. The number of nitrogens with zero attached hydrogens (tertiary/aromatic N) is 1. The van der Waals surface area contributed by atoms with E-state index in [1.807, 2.05) is 6.92 Å². The first kappa shape index (κ1) is 17.2. The Bertz CT molecular complexity index is 838. The number of nitrogen functional groups attached to an aromatic ring is 1. The molecule has 8 nitrogen and oxygen atoms in total. The fourth-order valence-corrected chi connectivity index (χ4v) is 2.04. The van der Waals surface area contributed by atoms with Crippen LogP contribution in [0.5, 0.6) is 0 Å². The van der Waals surface area contributed by atoms with Crippen molar-refractivity contribution in [1.29, 1.82) is 0 Å². The molecule has 9 heteroatoms. The van der Waals surface area contributed by atoms with E-state index >= 15 is 0 Å². The van der Waals surface area contributed by atoms with Gasteiger partial charge in [0.15, 0.2) is 0 Å². The van der Waals surface area contributed by atoms with Gasteiger partial charge in [-0.3, -0.25) is 19.7 Å². The quantitative estimate of drug-likeness (QED) is 0.340. The molecule has 0 atom stereocenters. The first-order valence-corrected chi connectivity index (χ1v) is 7.08. The number of hydrogen-bond donors (Lipinski definition) is 3. The maximum absolute atomic E-state index is 11.9. The van der Waals surface area contributed by atoms with Crippen molar-refractivity contribution in [3.05, 3.63) is 57.1 Å². The van der Waals surface area contributed by atoms with Gasteiger partial charge in [0.1, 0.15) is 0 Å². The highest BCUT2D eigenvalue weighted by molar-refractivity contribution is 6.45. The Morgan fingerprint density at radius 2 is 1.71 bits per heavy atom. The fraction of sp³-hybridized carbons (Fsp3) is 0.0667. The lowest BCUT2D eigenvalue weighted by Gasteiger charge is -2.10. The zero-order valence-electron chi connectivity index (χ0n) is 12.5. The summed E-state index contributed by atoms with van der Waals surface area (Å²) in [6, 6.07) is 8.44. The molecule has 124 valence electrons. The maximum Gasteiger partial charge on any atom is 0.314 e. The number of non-ortho nitro benzene ring substituents is 1. The topological polar surface area (TPSA) is 127 Å². The van der Waals surface area contributed by atoms with E-state index in [1.165, 1.54) is 12.1 Å². The van der Waals surface area contributed by atoms with Crippen LogP contribution in [-0.2, 0) is 9.59 Å². The van der Waals surface area contributed by atoms with Crippen LogP contribution in [0.25, 0.3) is 0 Å². The molecule has 2 aromatic rings. The number of nitrogens with two attached hydrogens (primary N) is 1. The number of carbonyl (C=O) groups excluding carboxylic acids is 2. The lowest BCUT2D eigenvalue weighted by molar-refractivity contribution is -0.384. The molecule has 0 bridgehead atoms. The Balaban J connectivity index is 2.13. The van der Waals surface area contributed by atoms with Crippen LogP contribution >= 0.6 is 11.6 Å². The van der Waals surface area contributed by atoms with Crippen molar-refractivity contribution >= 4 is 46.2 Å². The lowest BCUT2D eigenvalue weighted by atomic mass is 10.2. The summed E-state index contributed by atoms with van der Waals surface area (Å²) < 4.78 is 0. The van der Waals surface area contributed by atoms with Gasteiger partial charge in [-0.1, -0.05) is 17.7 Å². The third-order valence-corrected chi connectivity index (χ3v) is 3.40. The number of rotatable bonds is 3. The summed E-state index contributed by atoms with van der Waals surface area (Å²) in [5, 5.41) is 15.4. The number of benzene rings is 2. The second-order valence-corrected chi connectivity index (χ2v) is 5.33. The summed E-state index contributed by atoms with van der Waals surface area (Å²) >= 11 is 5.86. The van der Waals surface area contributed by atoms with E-state index in [-0.39, 0.29) is 22.1 Å². The van der Waals surface area contributed by atoms with Gasteiger partial charge in [0.25, 0.3) is 5.69 Å². The summed E-state index contributed by atoms with van der Waals surface area (Å²) in [5.41, 5.74) is 6.95. The molecule has 2 amide bonds. The van der Waals surface area contributed by atoms with E-state index in [2.05, 4.69) is 10.6 Å². The van der Waals surface area contributed by atoms with Gasteiger partial charge < -0.3 is 16.4 Å². The highest BCUT2D eigenvalue weighted by Crippen LogP contribution is 2.26. The summed E-state index contributed by atoms with van der Waals surface area (Å²) in [7, 11) is 0. The largest absolute Gasteiger partial charge is 0.397 e. The average Bonchev–Trinajstić information content (AvgIpc) is 2.51. The van der Waals surface area contributed by atoms with Crippen LogP contribution in [0.15, 0.2) is 36.4 Å². The van der Waals surface area contributed by atoms with Crippen LogP contribution in [0.3, 0.4) is 0 Å². The lowest BCUT2D eigenvalue weighted by Crippen LogP contribution is -2.29. The second kappa shape index (κ2) is 6.97. The van der Waals surface area contributed by atoms with Gasteiger partial charge in [0.05, 0.1) is 27.0 Å². The normalized spacial score (nSPS) is 10.1. The number of halogens is 1. The van der Waals surface area contributed by atoms with Gasteiger partial charge in [0, 0.05) is 12.1 Å². The van der Waals surface area contributed by atoms with Crippen molar-refractivity contribution in [2.24, 2.45) is 0 Å². The van der Waals surface area contributed by atoms with Crippen LogP contribution in [0.1, 0.15) is 5.56 Å². The molecule has 0 spiro atoms. The van der Waals surface area contributed by atoms with Crippen molar-refractivity contribution in [1.82, 2.24) is 0 Å². The predicted molar refractivity (Wildman–Crippen MR) is 91.0 cm³/mol. The SMILES string of the molecule is Cc1ccc(NC(=O)C(=O)Nc2cc([N+](=O)[O-])ccc2Cl)c(N)c1. The zero-order valence-corrected chi connectivity index (χ0v) is 13.3. The van der Waals surface area contributed by atoms with Crippen molar-refractivity contribution in [3.8, 4) is 0 Å². The van der Waals surface area contributed by atoms with Crippen molar-refractivity contribution < 1.29 is 14.5 Å². The van der Waals surface area contributed by atoms with E-state index in [4.69, 9.17) is 17.3 Å². The molecule has 2 rings (SSSR count). The highest BCUT2D eigenvalue weighted by atomic mass is 35.5. The van der Waals surface area contributed by atoms with E-state index in [1.54, 1.807) is 18.2 Å². The first-order valence-electron chi connectivity index (χ1n) is 6.70. The molecule has 0 radical (unpaired) electrons. The Morgan fingerprint density at radius 3 is 2.29 bits per heavy atom. The van der Waals surface area contributed by atoms with Gasteiger partial charge in [0.2, 0.25) is 0 Å². The van der Waals surface area contributed by atoms with Crippen LogP contribution in [0, 0.1) is 17.0 Å². The molecule has 0 aliphatic rings. The van der Waals surface area contributed by atoms with Gasteiger partial charge in [-0.05, 0) is 30.7 Å². The number of nitro groups is 1. The molecule has 0 aromatic heterocycles. The number of hydrogen-bond acceptors (Lipinski definition) is 5. The number of aryl methyl sites for hydroxylation is 1. The van der Waals surface area contributed by atoms with Gasteiger partial charge >= 0.3 is 11.8 Å². The molecule has 0 fully saturated rings. The van der Waals surface area contributed by atoms with E-state index < -0.39 is 16.7 Å². The molecule has 0 aliphatic heterocycles. The minimum Gasteiger partial charge on any atom is -0.397 e. The first-order chi connectivity index (χ1) is 11.3. The van der Waals surface area contributed by atoms with Crippen LogP contribution in [0.4, 0.5) is 22.7 Å². The summed E-state index contributed by atoms with van der Waals surface area (Å²) in [4.78, 5) is 34.0. The van der Waals surface area contributed by atoms with Gasteiger partial charge in [-0.25, -0.2) is 0 Å². The minimum atomic E-state index is -1.03. The molecule has 2 aromatic carbocycles. The highest BCUT2D eigenvalue weighted by Gasteiger charge is 2.18. The molecule has 0 unspecified atom stereocenters. The fourth-order valence-electron chi connectivity index (χ4n) is 1.88. The Morgan fingerprint density at radius 1 is 1.08 bits per heavy atom. The monoisotopic (exact) mass is 348 g/mol. The van der Waals surface area contributed by atoms with Gasteiger partial charge in [-0.15, -0.1) is 0 Å². The number of anilines is 3. The standard InChI is InChI=1S/C15H13ClN4O4/c1-8-2-5-12(11(17)6-8)18-14(21)15(22)19-13-7-9(20(23)24)3-4-10(13)16/h2-7H,17H2,1H3,(H,18,21)(H,19,22). The van der Waals surface area contributed by atoms with Crippen molar-refractivity contribution in [2.75, 3.05) is 16.4 Å². The predicted octanol–water partition coefficient (Wildman–Crippen LogP) is 2.72. The number of nitrogens with one attached hydrogen (secondary N) is 2. The third-order valence-electron chi connectivity index (χ3n) is 3.07. The third kappa shape index (κ3) is 3.99. The number of amides is 2. The van der Waals surface area contributed by atoms with Crippen molar-refractivity contribution in [2.45, 2.75) is 6.92 Å². The number of nitro benzene ring substituents is 1. The Labute approximate surface area is 141 Å². The van der Waals surface area contributed by atoms with E-state index in [0.717, 1.165) is 11.6 Å². The van der Waals surface area contributed by atoms with Crippen LogP contribution < -0.4 is 16.4 Å². The molecule has 0 aliphatic carbocycles. The average molecular weight is 349 g/mol. The van der Waals surface area contributed by atoms with Crippen molar-refractivity contribution in [3.63, 3.8) is 0 Å². The molecule has 4 N–H and O–H groups in total. The van der Waals surface area contributed by atoms with E-state index in [9.17, 15) is 19.7 Å². The van der Waals surface area contributed by atoms with Crippen LogP contribution in [-0.4, -0.2) is 16.7 Å². The van der Waals surface area contributed by atoms with Gasteiger partial charge in [-0.2, -0.15) is 0 Å². The summed E-state index contributed by atoms with van der Waals surface area (Å²) in [5.74, 6) is -2.01. The Hall–Kier alpha value is -3.13. The molecular weight excluding hydrogens is 336 g/mol. The Kier molecular flexibility index (Phi) is 5.00. The second-order valence-electron chi connectivity index (χ2n) is 4.92. The number of carbonyl (C=O) groups is 2. The minimum absolute atomic E-state index is 0.0390. The molecule has 0 heterocycles. The maximum atomic E-state index is 11.9.